The standard InChI is InChI=1S/C28H40N6O2/c1-5-21-16-23(17-30-26(21)29)31-27(35)28(36)34-18-20(4)6-11-25(34)22-7-9-24(10-8-22)33-14-12-32(13-15-33)19(2)3/h7-10,16-17,19-20,25H,5-6,11-15,18H2,1-4H3,(H2,29,30)(H,31,35)/t20-,25+/m0/s1. The zero-order chi connectivity index (χ0) is 25.8. The molecule has 8 heteroatoms. The summed E-state index contributed by atoms with van der Waals surface area (Å²) >= 11 is 0. The van der Waals surface area contributed by atoms with Gasteiger partial charge in [-0.3, -0.25) is 14.5 Å². The minimum absolute atomic E-state index is 0.109. The number of carbonyl (C=O) groups is 2. The number of pyridine rings is 1. The molecule has 2 atom stereocenters. The van der Waals surface area contributed by atoms with Crippen LogP contribution in [0.4, 0.5) is 17.2 Å². The normalized spacial score (nSPS) is 21.0. The molecule has 0 bridgehead atoms. The Morgan fingerprint density at radius 2 is 1.81 bits per heavy atom. The van der Waals surface area contributed by atoms with Crippen LogP contribution < -0.4 is 16.0 Å². The van der Waals surface area contributed by atoms with E-state index in [1.807, 2.05) is 6.92 Å². The average Bonchev–Trinajstić information content (AvgIpc) is 2.89. The number of piperidine rings is 1. The van der Waals surface area contributed by atoms with E-state index < -0.39 is 11.8 Å². The van der Waals surface area contributed by atoms with Gasteiger partial charge in [0.2, 0.25) is 0 Å². The summed E-state index contributed by atoms with van der Waals surface area (Å²) in [7, 11) is 0. The fourth-order valence-corrected chi connectivity index (χ4v) is 5.31. The molecular weight excluding hydrogens is 452 g/mol. The molecule has 0 unspecified atom stereocenters. The number of rotatable bonds is 5. The fourth-order valence-electron chi connectivity index (χ4n) is 5.31. The smallest absolute Gasteiger partial charge is 0.313 e. The maximum atomic E-state index is 13.3. The summed E-state index contributed by atoms with van der Waals surface area (Å²) in [5, 5.41) is 2.73. The van der Waals surface area contributed by atoms with E-state index in [9.17, 15) is 9.59 Å². The molecule has 8 nitrogen and oxygen atoms in total. The maximum Gasteiger partial charge on any atom is 0.313 e. The van der Waals surface area contributed by atoms with Crippen molar-refractivity contribution in [3.05, 3.63) is 47.7 Å². The molecule has 0 radical (unpaired) electrons. The van der Waals surface area contributed by atoms with E-state index >= 15 is 0 Å². The third kappa shape index (κ3) is 5.81. The van der Waals surface area contributed by atoms with E-state index in [1.54, 1.807) is 11.0 Å². The number of nitrogens with two attached hydrogens (primary N) is 1. The Morgan fingerprint density at radius 1 is 1.11 bits per heavy atom. The van der Waals surface area contributed by atoms with Crippen LogP contribution in [-0.4, -0.2) is 65.4 Å². The summed E-state index contributed by atoms with van der Waals surface area (Å²) in [6, 6.07) is 10.8. The number of carbonyl (C=O) groups excluding carboxylic acids is 2. The minimum atomic E-state index is -0.637. The van der Waals surface area contributed by atoms with Gasteiger partial charge in [-0.25, -0.2) is 4.98 Å². The second-order valence-electron chi connectivity index (χ2n) is 10.4. The third-order valence-electron chi connectivity index (χ3n) is 7.60. The lowest BCUT2D eigenvalue weighted by Gasteiger charge is -2.39. The number of hydrogen-bond donors (Lipinski definition) is 2. The number of aryl methyl sites for hydroxylation is 1. The van der Waals surface area contributed by atoms with Crippen LogP contribution in [0.2, 0.25) is 0 Å². The first kappa shape index (κ1) is 25.9. The van der Waals surface area contributed by atoms with Crippen LogP contribution in [0.25, 0.3) is 0 Å². The van der Waals surface area contributed by atoms with Gasteiger partial charge in [0.25, 0.3) is 0 Å². The van der Waals surface area contributed by atoms with Gasteiger partial charge < -0.3 is 20.9 Å². The Labute approximate surface area is 214 Å². The topological polar surface area (TPSA) is 94.8 Å². The number of nitrogen functional groups attached to an aromatic ring is 1. The molecule has 36 heavy (non-hydrogen) atoms. The Kier molecular flexibility index (Phi) is 8.14. The summed E-state index contributed by atoms with van der Waals surface area (Å²) in [5.41, 5.74) is 9.50. The highest BCUT2D eigenvalue weighted by molar-refractivity contribution is 6.39. The molecule has 0 saturated carbocycles. The highest BCUT2D eigenvalue weighted by Gasteiger charge is 2.34. The van der Waals surface area contributed by atoms with Gasteiger partial charge in [-0.1, -0.05) is 26.0 Å². The molecule has 0 aliphatic carbocycles. The first-order valence-electron chi connectivity index (χ1n) is 13.2. The molecule has 2 saturated heterocycles. The first-order chi connectivity index (χ1) is 17.3. The van der Waals surface area contributed by atoms with Crippen molar-refractivity contribution in [2.24, 2.45) is 5.92 Å². The number of hydrogen-bond acceptors (Lipinski definition) is 6. The minimum Gasteiger partial charge on any atom is -0.383 e. The number of piperazine rings is 1. The van der Waals surface area contributed by atoms with Crippen LogP contribution in [0.1, 0.15) is 57.7 Å². The van der Waals surface area contributed by atoms with Crippen LogP contribution in [-0.2, 0) is 16.0 Å². The second kappa shape index (κ2) is 11.3. The Bertz CT molecular complexity index is 1060. The van der Waals surface area contributed by atoms with Gasteiger partial charge in [0, 0.05) is 44.5 Å². The van der Waals surface area contributed by atoms with Crippen LogP contribution in [0.3, 0.4) is 0 Å². The molecule has 3 N–H and O–H groups in total. The largest absolute Gasteiger partial charge is 0.383 e. The third-order valence-corrected chi connectivity index (χ3v) is 7.60. The number of nitrogens with zero attached hydrogens (tertiary/aromatic N) is 4. The Hall–Kier alpha value is -3.13. The molecule has 2 aromatic rings. The SMILES string of the molecule is CCc1cc(NC(=O)C(=O)N2C[C@@H](C)CC[C@@H]2c2ccc(N3CCN(C(C)C)CC3)cc2)cnc1N. The first-order valence-corrected chi connectivity index (χ1v) is 13.2. The van der Waals surface area contributed by atoms with Crippen molar-refractivity contribution < 1.29 is 9.59 Å². The van der Waals surface area contributed by atoms with Crippen LogP contribution in [0.5, 0.6) is 0 Å². The molecule has 2 aliphatic heterocycles. The van der Waals surface area contributed by atoms with Gasteiger partial charge in [-0.2, -0.15) is 0 Å². The molecule has 2 amide bonds. The number of benzene rings is 1. The Morgan fingerprint density at radius 3 is 2.44 bits per heavy atom. The highest BCUT2D eigenvalue weighted by atomic mass is 16.2. The van der Waals surface area contributed by atoms with Gasteiger partial charge in [0.05, 0.1) is 17.9 Å². The highest BCUT2D eigenvalue weighted by Crippen LogP contribution is 2.34. The van der Waals surface area contributed by atoms with Crippen molar-refractivity contribution in [1.29, 1.82) is 0 Å². The summed E-state index contributed by atoms with van der Waals surface area (Å²) in [6.45, 7) is 13.3. The molecule has 2 aliphatic rings. The number of anilines is 3. The molecule has 1 aromatic carbocycles. The monoisotopic (exact) mass is 492 g/mol. The number of nitrogens with one attached hydrogen (secondary N) is 1. The predicted octanol–water partition coefficient (Wildman–Crippen LogP) is 3.69. The van der Waals surface area contributed by atoms with Crippen molar-refractivity contribution in [2.75, 3.05) is 48.7 Å². The summed E-state index contributed by atoms with van der Waals surface area (Å²) in [6.07, 6.45) is 4.06. The molecule has 0 spiro atoms. The molecular formula is C28H40N6O2. The summed E-state index contributed by atoms with van der Waals surface area (Å²) in [5.74, 6) is -0.353. The van der Waals surface area contributed by atoms with Gasteiger partial charge in [-0.15, -0.1) is 0 Å². The van der Waals surface area contributed by atoms with Crippen molar-refractivity contribution in [1.82, 2.24) is 14.8 Å². The lowest BCUT2D eigenvalue weighted by atomic mass is 9.89. The Balaban J connectivity index is 1.45. The summed E-state index contributed by atoms with van der Waals surface area (Å²) in [4.78, 5) is 37.1. The van der Waals surface area contributed by atoms with E-state index in [4.69, 9.17) is 5.73 Å². The summed E-state index contributed by atoms with van der Waals surface area (Å²) < 4.78 is 0. The second-order valence-corrected chi connectivity index (χ2v) is 10.4. The van der Waals surface area contributed by atoms with Crippen LogP contribution in [0, 0.1) is 5.92 Å². The van der Waals surface area contributed by atoms with Crippen molar-refractivity contribution in [2.45, 2.75) is 59.0 Å². The predicted molar refractivity (Wildman–Crippen MR) is 145 cm³/mol. The van der Waals surface area contributed by atoms with Crippen molar-refractivity contribution >= 4 is 29.0 Å². The molecule has 194 valence electrons. The quantitative estimate of drug-likeness (QED) is 0.618. The van der Waals surface area contributed by atoms with Crippen LogP contribution in [0.15, 0.2) is 36.5 Å². The molecule has 3 heterocycles. The van der Waals surface area contributed by atoms with E-state index in [2.05, 4.69) is 65.1 Å². The van der Waals surface area contributed by atoms with E-state index in [0.29, 0.717) is 36.4 Å². The van der Waals surface area contributed by atoms with Gasteiger partial charge in [-0.05, 0) is 68.4 Å². The zero-order valence-electron chi connectivity index (χ0n) is 22.0. The van der Waals surface area contributed by atoms with Gasteiger partial charge >= 0.3 is 11.8 Å². The van der Waals surface area contributed by atoms with Crippen LogP contribution >= 0.6 is 0 Å². The number of amides is 2. The van der Waals surface area contributed by atoms with Gasteiger partial charge in [0.1, 0.15) is 5.82 Å². The average molecular weight is 493 g/mol. The van der Waals surface area contributed by atoms with E-state index in [-0.39, 0.29) is 6.04 Å². The maximum absolute atomic E-state index is 13.3. The number of likely N-dealkylation sites (tertiary alicyclic amines) is 1. The zero-order valence-corrected chi connectivity index (χ0v) is 22.0. The van der Waals surface area contributed by atoms with Crippen molar-refractivity contribution in [3.63, 3.8) is 0 Å². The van der Waals surface area contributed by atoms with E-state index in [1.165, 1.54) is 11.9 Å². The molecule has 4 rings (SSSR count). The van der Waals surface area contributed by atoms with Gasteiger partial charge in [0.15, 0.2) is 0 Å². The molecule has 2 fully saturated rings. The molecule has 1 aromatic heterocycles. The number of aromatic nitrogens is 1. The lowest BCUT2D eigenvalue weighted by molar-refractivity contribution is -0.146. The fraction of sp³-hybridized carbons (Fsp3) is 0.536. The van der Waals surface area contributed by atoms with Crippen molar-refractivity contribution in [3.8, 4) is 0 Å². The van der Waals surface area contributed by atoms with E-state index in [0.717, 1.165) is 50.1 Å². The lowest BCUT2D eigenvalue weighted by Crippen LogP contribution is -2.49.